The summed E-state index contributed by atoms with van der Waals surface area (Å²) >= 11 is 0. The number of ether oxygens (including phenoxy) is 3. The lowest BCUT2D eigenvalue weighted by atomic mass is 10.2. The number of urea groups is 1. The standard InChI is InChI=1S/C20H20F2N2O4/c1-26-18-7-5-14(11-19(18)27-2)13-24-20(25)23-9-3-4-10-28-17-8-6-15(21)12-16(17)22/h5-8,11-12H,9-10,13H2,1-2H3,(H2,23,24,25). The highest BCUT2D eigenvalue weighted by Crippen LogP contribution is 2.27. The number of carbonyl (C=O) groups excluding carboxylic acids is 1. The minimum Gasteiger partial charge on any atom is -0.493 e. The lowest BCUT2D eigenvalue weighted by Gasteiger charge is -2.10. The van der Waals surface area contributed by atoms with Crippen LogP contribution in [0.1, 0.15) is 5.56 Å². The molecular weight excluding hydrogens is 370 g/mol. The Morgan fingerprint density at radius 3 is 2.43 bits per heavy atom. The van der Waals surface area contributed by atoms with E-state index in [1.807, 2.05) is 6.07 Å². The van der Waals surface area contributed by atoms with Gasteiger partial charge in [-0.2, -0.15) is 0 Å². The Balaban J connectivity index is 1.70. The Morgan fingerprint density at radius 2 is 1.71 bits per heavy atom. The van der Waals surface area contributed by atoms with Gasteiger partial charge < -0.3 is 24.8 Å². The molecule has 0 unspecified atom stereocenters. The van der Waals surface area contributed by atoms with Crippen LogP contribution in [-0.4, -0.2) is 33.4 Å². The molecule has 2 rings (SSSR count). The van der Waals surface area contributed by atoms with Gasteiger partial charge in [-0.1, -0.05) is 17.9 Å². The van der Waals surface area contributed by atoms with Crippen molar-refractivity contribution in [3.63, 3.8) is 0 Å². The van der Waals surface area contributed by atoms with Crippen molar-refractivity contribution in [3.05, 3.63) is 53.6 Å². The van der Waals surface area contributed by atoms with Gasteiger partial charge in [-0.05, 0) is 29.8 Å². The van der Waals surface area contributed by atoms with Gasteiger partial charge >= 0.3 is 6.03 Å². The molecule has 0 aromatic heterocycles. The Bertz CT molecular complexity index is 878. The number of nitrogens with one attached hydrogen (secondary N) is 2. The number of carbonyl (C=O) groups is 1. The van der Waals surface area contributed by atoms with Gasteiger partial charge in [0.1, 0.15) is 12.4 Å². The maximum Gasteiger partial charge on any atom is 0.315 e. The summed E-state index contributed by atoms with van der Waals surface area (Å²) in [5.41, 5.74) is 0.841. The molecule has 0 saturated heterocycles. The average molecular weight is 390 g/mol. The van der Waals surface area contributed by atoms with Crippen LogP contribution in [0, 0.1) is 23.5 Å². The highest BCUT2D eigenvalue weighted by molar-refractivity contribution is 5.74. The predicted molar refractivity (Wildman–Crippen MR) is 99.4 cm³/mol. The van der Waals surface area contributed by atoms with Crippen molar-refractivity contribution in [1.29, 1.82) is 0 Å². The van der Waals surface area contributed by atoms with Crippen LogP contribution >= 0.6 is 0 Å². The van der Waals surface area contributed by atoms with Gasteiger partial charge in [0.2, 0.25) is 0 Å². The molecule has 2 aromatic rings. The molecule has 0 saturated carbocycles. The second-order valence-electron chi connectivity index (χ2n) is 5.44. The fraction of sp³-hybridized carbons (Fsp3) is 0.250. The van der Waals surface area contributed by atoms with E-state index in [-0.39, 0.29) is 18.9 Å². The summed E-state index contributed by atoms with van der Waals surface area (Å²) in [6.45, 7) is 0.303. The van der Waals surface area contributed by atoms with Crippen LogP contribution in [0.15, 0.2) is 36.4 Å². The first kappa shape index (κ1) is 20.8. The van der Waals surface area contributed by atoms with Crippen molar-refractivity contribution < 1.29 is 27.8 Å². The molecule has 2 aromatic carbocycles. The molecule has 2 amide bonds. The first-order valence-electron chi connectivity index (χ1n) is 8.29. The third kappa shape index (κ3) is 6.36. The molecule has 8 heteroatoms. The Morgan fingerprint density at radius 1 is 0.964 bits per heavy atom. The summed E-state index contributed by atoms with van der Waals surface area (Å²) in [5.74, 6) is 4.91. The Kier molecular flexibility index (Phi) is 7.91. The number of halogens is 2. The number of amides is 2. The summed E-state index contributed by atoms with van der Waals surface area (Å²) in [6, 6.07) is 7.95. The van der Waals surface area contributed by atoms with E-state index in [1.165, 1.54) is 13.2 Å². The van der Waals surface area contributed by atoms with Crippen molar-refractivity contribution in [1.82, 2.24) is 10.6 Å². The Hall–Kier alpha value is -3.47. The van der Waals surface area contributed by atoms with Crippen LogP contribution in [-0.2, 0) is 6.54 Å². The molecule has 148 valence electrons. The first-order valence-corrected chi connectivity index (χ1v) is 8.29. The molecule has 0 fully saturated rings. The van der Waals surface area contributed by atoms with Gasteiger partial charge in [-0.25, -0.2) is 13.6 Å². The molecule has 0 radical (unpaired) electrons. The van der Waals surface area contributed by atoms with Gasteiger partial charge in [-0.15, -0.1) is 0 Å². The van der Waals surface area contributed by atoms with Crippen molar-refractivity contribution in [2.24, 2.45) is 0 Å². The van der Waals surface area contributed by atoms with Crippen molar-refractivity contribution in [2.45, 2.75) is 6.54 Å². The third-order valence-corrected chi connectivity index (χ3v) is 3.56. The topological polar surface area (TPSA) is 68.8 Å². The number of hydrogen-bond donors (Lipinski definition) is 2. The molecule has 0 aliphatic heterocycles. The van der Waals surface area contributed by atoms with Crippen molar-refractivity contribution >= 4 is 6.03 Å². The molecule has 2 N–H and O–H groups in total. The van der Waals surface area contributed by atoms with Crippen LogP contribution in [0.4, 0.5) is 13.6 Å². The molecule has 0 aliphatic carbocycles. The summed E-state index contributed by atoms with van der Waals surface area (Å²) in [4.78, 5) is 11.8. The molecule has 0 bridgehead atoms. The zero-order chi connectivity index (χ0) is 20.4. The van der Waals surface area contributed by atoms with E-state index < -0.39 is 17.7 Å². The van der Waals surface area contributed by atoms with E-state index >= 15 is 0 Å². The first-order chi connectivity index (χ1) is 13.5. The molecule has 6 nitrogen and oxygen atoms in total. The smallest absolute Gasteiger partial charge is 0.315 e. The third-order valence-electron chi connectivity index (χ3n) is 3.56. The summed E-state index contributed by atoms with van der Waals surface area (Å²) < 4.78 is 41.6. The van der Waals surface area contributed by atoms with E-state index in [9.17, 15) is 13.6 Å². The van der Waals surface area contributed by atoms with E-state index in [0.29, 0.717) is 18.0 Å². The lowest BCUT2D eigenvalue weighted by molar-refractivity contribution is 0.241. The van der Waals surface area contributed by atoms with Crippen LogP contribution in [0.3, 0.4) is 0 Å². The van der Waals surface area contributed by atoms with Crippen LogP contribution in [0.2, 0.25) is 0 Å². The van der Waals surface area contributed by atoms with Gasteiger partial charge in [-0.3, -0.25) is 0 Å². The van der Waals surface area contributed by atoms with Crippen LogP contribution in [0.5, 0.6) is 17.2 Å². The SMILES string of the molecule is COc1ccc(CNC(=O)NCC#CCOc2ccc(F)cc2F)cc1OC. The highest BCUT2D eigenvalue weighted by atomic mass is 19.1. The average Bonchev–Trinajstić information content (AvgIpc) is 2.70. The molecule has 0 spiro atoms. The highest BCUT2D eigenvalue weighted by Gasteiger charge is 2.06. The summed E-state index contributed by atoms with van der Waals surface area (Å²) in [7, 11) is 3.08. The maximum atomic E-state index is 13.4. The normalized spacial score (nSPS) is 9.71. The summed E-state index contributed by atoms with van der Waals surface area (Å²) in [6.07, 6.45) is 0. The zero-order valence-corrected chi connectivity index (χ0v) is 15.5. The number of benzene rings is 2. The largest absolute Gasteiger partial charge is 0.493 e. The second kappa shape index (κ2) is 10.6. The van der Waals surface area contributed by atoms with Crippen LogP contribution < -0.4 is 24.8 Å². The molecule has 0 aliphatic rings. The van der Waals surface area contributed by atoms with E-state index in [1.54, 1.807) is 19.2 Å². The van der Waals surface area contributed by atoms with Gasteiger partial charge in [0.15, 0.2) is 23.1 Å². The number of rotatable bonds is 7. The van der Waals surface area contributed by atoms with Gasteiger partial charge in [0.05, 0.1) is 20.8 Å². The lowest BCUT2D eigenvalue weighted by Crippen LogP contribution is -2.35. The molecule has 0 heterocycles. The van der Waals surface area contributed by atoms with E-state index in [0.717, 1.165) is 17.7 Å². The molecule has 28 heavy (non-hydrogen) atoms. The predicted octanol–water partition coefficient (Wildman–Crippen LogP) is 2.86. The van der Waals surface area contributed by atoms with E-state index in [2.05, 4.69) is 22.5 Å². The minimum absolute atomic E-state index is 0.0858. The molecular formula is C20H20F2N2O4. The monoisotopic (exact) mass is 390 g/mol. The molecule has 0 atom stereocenters. The fourth-order valence-electron chi connectivity index (χ4n) is 2.18. The number of methoxy groups -OCH3 is 2. The second-order valence-corrected chi connectivity index (χ2v) is 5.44. The summed E-state index contributed by atoms with van der Waals surface area (Å²) in [5, 5.41) is 5.25. The van der Waals surface area contributed by atoms with E-state index in [4.69, 9.17) is 14.2 Å². The zero-order valence-electron chi connectivity index (χ0n) is 15.5. The van der Waals surface area contributed by atoms with Crippen molar-refractivity contribution in [2.75, 3.05) is 27.4 Å². The van der Waals surface area contributed by atoms with Crippen molar-refractivity contribution in [3.8, 4) is 29.1 Å². The maximum absolute atomic E-state index is 13.4. The quantitative estimate of drug-likeness (QED) is 0.714. The minimum atomic E-state index is -0.797. The van der Waals surface area contributed by atoms with Gasteiger partial charge in [0.25, 0.3) is 0 Å². The van der Waals surface area contributed by atoms with Gasteiger partial charge in [0, 0.05) is 12.6 Å². The fourth-order valence-corrected chi connectivity index (χ4v) is 2.18. The van der Waals surface area contributed by atoms with Crippen LogP contribution in [0.25, 0.3) is 0 Å². The number of hydrogen-bond acceptors (Lipinski definition) is 4. The Labute approximate surface area is 161 Å².